The van der Waals surface area contributed by atoms with E-state index in [1.54, 1.807) is 6.07 Å². The van der Waals surface area contributed by atoms with E-state index in [2.05, 4.69) is 79.9 Å². The number of anilines is 1. The molecule has 2 N–H and O–H groups in total. The van der Waals surface area contributed by atoms with Crippen molar-refractivity contribution in [1.29, 1.82) is 0 Å². The van der Waals surface area contributed by atoms with Gasteiger partial charge >= 0.3 is 0 Å². The van der Waals surface area contributed by atoms with Crippen LogP contribution in [0.15, 0.2) is 30.3 Å². The van der Waals surface area contributed by atoms with Gasteiger partial charge in [0.2, 0.25) is 0 Å². The second-order valence-electron chi connectivity index (χ2n) is 3.83. The second kappa shape index (κ2) is 6.99. The molecule has 6 heteroatoms. The summed E-state index contributed by atoms with van der Waals surface area (Å²) in [5, 5.41) is 0.639. The topological polar surface area (TPSA) is 35.2 Å². The Balaban J connectivity index is 2.19. The van der Waals surface area contributed by atoms with Gasteiger partial charge in [-0.25, -0.2) is 0 Å². The normalized spacial score (nSPS) is 10.5. The number of nitrogen functional groups attached to an aromatic ring is 1. The molecule has 0 fully saturated rings. The summed E-state index contributed by atoms with van der Waals surface area (Å²) in [4.78, 5) is 0. The Hall–Kier alpha value is 0.520. The van der Waals surface area contributed by atoms with Crippen LogP contribution in [0, 0.1) is 10.7 Å². The van der Waals surface area contributed by atoms with Crippen LogP contribution in [0.1, 0.15) is 5.56 Å². The first-order valence-corrected chi connectivity index (χ1v) is 8.90. The Morgan fingerprint density at radius 2 is 1.68 bits per heavy atom. The summed E-state index contributed by atoms with van der Waals surface area (Å²) in [6, 6.07) is 9.63. The van der Waals surface area contributed by atoms with Crippen molar-refractivity contribution in [2.45, 2.75) is 6.61 Å². The highest BCUT2D eigenvalue weighted by molar-refractivity contribution is 14.1. The van der Waals surface area contributed by atoms with Crippen LogP contribution in [0.25, 0.3) is 0 Å². The summed E-state index contributed by atoms with van der Waals surface area (Å²) in [5.74, 6) is 0.899. The largest absolute Gasteiger partial charge is 0.487 e. The van der Waals surface area contributed by atoms with Gasteiger partial charge < -0.3 is 10.5 Å². The van der Waals surface area contributed by atoms with Gasteiger partial charge in [-0.2, -0.15) is 0 Å². The van der Waals surface area contributed by atoms with Crippen LogP contribution in [-0.4, -0.2) is 0 Å². The van der Waals surface area contributed by atoms with E-state index in [-0.39, 0.29) is 0 Å². The van der Waals surface area contributed by atoms with Crippen LogP contribution in [-0.2, 0) is 6.61 Å². The third-order valence-electron chi connectivity index (χ3n) is 2.44. The molecule has 0 saturated carbocycles. The minimum Gasteiger partial charge on any atom is -0.487 e. The Morgan fingerprint density at radius 3 is 2.26 bits per heavy atom. The molecule has 0 aromatic heterocycles. The van der Waals surface area contributed by atoms with E-state index in [0.717, 1.165) is 18.5 Å². The molecule has 0 heterocycles. The van der Waals surface area contributed by atoms with Gasteiger partial charge in [0.15, 0.2) is 0 Å². The number of halogens is 4. The van der Waals surface area contributed by atoms with Crippen LogP contribution in [0.5, 0.6) is 5.75 Å². The first-order valence-electron chi connectivity index (χ1n) is 5.28. The van der Waals surface area contributed by atoms with E-state index in [0.29, 0.717) is 17.3 Å². The van der Waals surface area contributed by atoms with Crippen molar-refractivity contribution in [1.82, 2.24) is 0 Å². The maximum absolute atomic E-state index is 5.92. The molecule has 0 bridgehead atoms. The summed E-state index contributed by atoms with van der Waals surface area (Å²) in [6.45, 7) is 0.440. The molecule has 2 aromatic rings. The maximum Gasteiger partial charge on any atom is 0.146 e. The Kier molecular flexibility index (Phi) is 5.85. The van der Waals surface area contributed by atoms with Crippen molar-refractivity contribution < 1.29 is 4.74 Å². The highest BCUT2D eigenvalue weighted by Crippen LogP contribution is 2.30. The summed E-state index contributed by atoms with van der Waals surface area (Å²) < 4.78 is 9.28. The van der Waals surface area contributed by atoms with Crippen molar-refractivity contribution in [2.24, 2.45) is 0 Å². The molecule has 2 aromatic carbocycles. The lowest BCUT2D eigenvalue weighted by Gasteiger charge is -2.12. The van der Waals surface area contributed by atoms with Crippen LogP contribution in [0.2, 0.25) is 5.02 Å². The lowest BCUT2D eigenvalue weighted by Crippen LogP contribution is -2.02. The van der Waals surface area contributed by atoms with Gasteiger partial charge in [0.25, 0.3) is 0 Å². The SMILES string of the molecule is Nc1cc(Cl)ccc1COc1c(I)cc(I)cc1I. The van der Waals surface area contributed by atoms with Crippen LogP contribution >= 0.6 is 79.4 Å². The Bertz CT molecular complexity index is 596. The van der Waals surface area contributed by atoms with Gasteiger partial charge in [-0.05, 0) is 92.0 Å². The molecule has 0 radical (unpaired) electrons. The zero-order chi connectivity index (χ0) is 14.0. The number of hydrogen-bond acceptors (Lipinski definition) is 2. The molecule has 0 saturated heterocycles. The minimum atomic E-state index is 0.440. The third kappa shape index (κ3) is 4.24. The average Bonchev–Trinajstić information content (AvgIpc) is 2.30. The number of hydrogen-bond donors (Lipinski definition) is 1. The third-order valence-corrected chi connectivity index (χ3v) is 4.90. The minimum absolute atomic E-state index is 0.440. The van der Waals surface area contributed by atoms with Crippen molar-refractivity contribution in [2.75, 3.05) is 5.73 Å². The summed E-state index contributed by atoms with van der Waals surface area (Å²) >= 11 is 12.7. The van der Waals surface area contributed by atoms with E-state index in [4.69, 9.17) is 22.1 Å². The van der Waals surface area contributed by atoms with Crippen LogP contribution in [0.4, 0.5) is 5.69 Å². The second-order valence-corrected chi connectivity index (χ2v) is 7.84. The summed E-state index contributed by atoms with van der Waals surface area (Å²) in [7, 11) is 0. The molecule has 0 aliphatic rings. The summed E-state index contributed by atoms with van der Waals surface area (Å²) in [5.41, 5.74) is 7.51. The zero-order valence-corrected chi connectivity index (χ0v) is 16.8. The molecule has 0 aliphatic heterocycles. The fourth-order valence-electron chi connectivity index (χ4n) is 1.51. The van der Waals surface area contributed by atoms with Gasteiger partial charge in [-0.3, -0.25) is 0 Å². The molecular formula is C13H9ClI3NO. The lowest BCUT2D eigenvalue weighted by atomic mass is 10.2. The molecule has 19 heavy (non-hydrogen) atoms. The van der Waals surface area contributed by atoms with Crippen molar-refractivity contribution in [3.05, 3.63) is 51.6 Å². The van der Waals surface area contributed by atoms with E-state index in [9.17, 15) is 0 Å². The van der Waals surface area contributed by atoms with Crippen molar-refractivity contribution in [3.8, 4) is 5.75 Å². The number of rotatable bonds is 3. The van der Waals surface area contributed by atoms with Gasteiger partial charge in [0, 0.05) is 19.8 Å². The van der Waals surface area contributed by atoms with Gasteiger partial charge in [0.05, 0.1) is 7.14 Å². The quantitative estimate of drug-likeness (QED) is 0.377. The van der Waals surface area contributed by atoms with E-state index in [1.807, 2.05) is 12.1 Å². The first kappa shape index (κ1) is 15.9. The average molecular weight is 611 g/mol. The van der Waals surface area contributed by atoms with E-state index >= 15 is 0 Å². The zero-order valence-electron chi connectivity index (χ0n) is 9.59. The van der Waals surface area contributed by atoms with E-state index in [1.165, 1.54) is 3.57 Å². The van der Waals surface area contributed by atoms with Crippen molar-refractivity contribution in [3.63, 3.8) is 0 Å². The maximum atomic E-state index is 5.92. The standard InChI is InChI=1S/C13H9ClI3NO/c14-8-2-1-7(12(18)3-8)6-19-13-10(16)4-9(15)5-11(13)17/h1-5H,6,18H2. The van der Waals surface area contributed by atoms with Gasteiger partial charge in [-0.1, -0.05) is 17.7 Å². The monoisotopic (exact) mass is 611 g/mol. The molecule has 0 atom stereocenters. The fraction of sp³-hybridized carbons (Fsp3) is 0.0769. The Labute approximate surface area is 157 Å². The van der Waals surface area contributed by atoms with Crippen molar-refractivity contribution >= 4 is 85.1 Å². The number of ether oxygens (including phenoxy) is 1. The molecular weight excluding hydrogens is 602 g/mol. The summed E-state index contributed by atoms with van der Waals surface area (Å²) in [6.07, 6.45) is 0. The highest BCUT2D eigenvalue weighted by atomic mass is 127. The van der Waals surface area contributed by atoms with Gasteiger partial charge in [0.1, 0.15) is 12.4 Å². The predicted molar refractivity (Wildman–Crippen MR) is 105 cm³/mol. The molecule has 0 spiro atoms. The fourth-order valence-corrected chi connectivity index (χ4v) is 5.59. The predicted octanol–water partition coefficient (Wildman–Crippen LogP) is 5.32. The molecule has 2 rings (SSSR count). The Morgan fingerprint density at radius 1 is 1.05 bits per heavy atom. The van der Waals surface area contributed by atoms with E-state index < -0.39 is 0 Å². The van der Waals surface area contributed by atoms with Crippen LogP contribution < -0.4 is 10.5 Å². The smallest absolute Gasteiger partial charge is 0.146 e. The number of benzene rings is 2. The molecule has 0 unspecified atom stereocenters. The molecule has 2 nitrogen and oxygen atoms in total. The number of nitrogens with two attached hydrogens (primary N) is 1. The van der Waals surface area contributed by atoms with Crippen LogP contribution in [0.3, 0.4) is 0 Å². The molecule has 0 amide bonds. The molecule has 0 aliphatic carbocycles. The van der Waals surface area contributed by atoms with Gasteiger partial charge in [-0.15, -0.1) is 0 Å². The lowest BCUT2D eigenvalue weighted by molar-refractivity contribution is 0.302. The first-order chi connectivity index (χ1) is 8.97. The molecule has 100 valence electrons. The highest BCUT2D eigenvalue weighted by Gasteiger charge is 2.09.